The highest BCUT2D eigenvalue weighted by atomic mass is 79.9. The summed E-state index contributed by atoms with van der Waals surface area (Å²) >= 11 is 3.55. The van der Waals surface area contributed by atoms with Gasteiger partial charge in [-0.25, -0.2) is 15.0 Å². The molecule has 0 aromatic carbocycles. The fourth-order valence-electron chi connectivity index (χ4n) is 1.92. The van der Waals surface area contributed by atoms with Crippen LogP contribution < -0.4 is 5.32 Å². The summed E-state index contributed by atoms with van der Waals surface area (Å²) in [5.74, 6) is 1.54. The van der Waals surface area contributed by atoms with Crippen molar-refractivity contribution >= 4 is 21.7 Å². The minimum absolute atomic E-state index is 0.326. The van der Waals surface area contributed by atoms with Crippen LogP contribution in [0.5, 0.6) is 0 Å². The van der Waals surface area contributed by atoms with Crippen molar-refractivity contribution in [2.75, 3.05) is 11.9 Å². The first-order valence-corrected chi connectivity index (χ1v) is 7.64. The van der Waals surface area contributed by atoms with Crippen molar-refractivity contribution in [2.45, 2.75) is 40.2 Å². The van der Waals surface area contributed by atoms with Gasteiger partial charge in [-0.1, -0.05) is 6.92 Å². The lowest BCUT2D eigenvalue weighted by Crippen LogP contribution is -2.08. The minimum atomic E-state index is 0.326. The highest BCUT2D eigenvalue weighted by Crippen LogP contribution is 2.27. The largest absolute Gasteiger partial charge is 0.369 e. The Bertz CT molecular complexity index is 591. The van der Waals surface area contributed by atoms with Crippen LogP contribution in [-0.4, -0.2) is 26.1 Å². The predicted molar refractivity (Wildman–Crippen MR) is 84.9 cm³/mol. The summed E-state index contributed by atoms with van der Waals surface area (Å²) in [5.41, 5.74) is 1.86. The van der Waals surface area contributed by atoms with Crippen molar-refractivity contribution < 1.29 is 0 Å². The van der Waals surface area contributed by atoms with Crippen LogP contribution >= 0.6 is 15.9 Å². The summed E-state index contributed by atoms with van der Waals surface area (Å²) in [7, 11) is 0. The number of hydrogen-bond donors (Lipinski definition) is 1. The normalized spacial score (nSPS) is 11.1. The summed E-state index contributed by atoms with van der Waals surface area (Å²) < 4.78 is 3.00. The van der Waals surface area contributed by atoms with Crippen molar-refractivity contribution in [1.29, 1.82) is 0 Å². The molecule has 0 aliphatic heterocycles. The summed E-state index contributed by atoms with van der Waals surface area (Å²) in [5, 5.41) is 3.33. The summed E-state index contributed by atoms with van der Waals surface area (Å²) in [6, 6.07) is 0.326. The quantitative estimate of drug-likeness (QED) is 0.901. The van der Waals surface area contributed by atoms with Crippen LogP contribution in [0.4, 0.5) is 5.82 Å². The maximum absolute atomic E-state index is 4.63. The molecule has 0 spiro atoms. The van der Waals surface area contributed by atoms with E-state index in [2.05, 4.69) is 61.5 Å². The number of halogens is 1. The van der Waals surface area contributed by atoms with E-state index < -0.39 is 0 Å². The highest BCUT2D eigenvalue weighted by Gasteiger charge is 2.14. The van der Waals surface area contributed by atoms with Gasteiger partial charge in [0.25, 0.3) is 0 Å². The Balaban J connectivity index is 2.46. The van der Waals surface area contributed by atoms with E-state index in [0.29, 0.717) is 11.9 Å². The van der Waals surface area contributed by atoms with E-state index in [4.69, 9.17) is 0 Å². The number of aryl methyl sites for hydroxylation is 1. The maximum atomic E-state index is 4.63. The Morgan fingerprint density at radius 1 is 1.35 bits per heavy atom. The first-order chi connectivity index (χ1) is 9.54. The Labute approximate surface area is 128 Å². The van der Waals surface area contributed by atoms with Crippen LogP contribution in [0.2, 0.25) is 0 Å². The first-order valence-electron chi connectivity index (χ1n) is 6.84. The van der Waals surface area contributed by atoms with Crippen LogP contribution in [-0.2, 0) is 0 Å². The van der Waals surface area contributed by atoms with Crippen molar-refractivity contribution in [3.63, 3.8) is 0 Å². The molecule has 6 heteroatoms. The second kappa shape index (κ2) is 6.35. The molecule has 0 aliphatic carbocycles. The summed E-state index contributed by atoms with van der Waals surface area (Å²) in [6.07, 6.45) is 4.68. The van der Waals surface area contributed by atoms with Gasteiger partial charge < -0.3 is 9.88 Å². The Morgan fingerprint density at radius 3 is 2.75 bits per heavy atom. The third-order valence-electron chi connectivity index (χ3n) is 3.01. The SMILES string of the molecule is CCCNc1nc(-c2cncn2C(C)C)nc(C)c1Br. The highest BCUT2D eigenvalue weighted by molar-refractivity contribution is 9.10. The third kappa shape index (κ3) is 3.00. The van der Waals surface area contributed by atoms with Crippen molar-refractivity contribution in [3.05, 3.63) is 22.7 Å². The van der Waals surface area contributed by atoms with E-state index in [1.54, 1.807) is 0 Å². The van der Waals surface area contributed by atoms with Crippen LogP contribution in [0.15, 0.2) is 17.0 Å². The second-order valence-corrected chi connectivity index (χ2v) is 5.79. The number of anilines is 1. The molecule has 0 bridgehead atoms. The van der Waals surface area contributed by atoms with E-state index in [1.807, 2.05) is 19.4 Å². The fraction of sp³-hybridized carbons (Fsp3) is 0.500. The molecular weight excluding hydrogens is 318 g/mol. The molecule has 0 radical (unpaired) electrons. The van der Waals surface area contributed by atoms with Crippen LogP contribution in [0.3, 0.4) is 0 Å². The molecular formula is C14H20BrN5. The van der Waals surface area contributed by atoms with Gasteiger partial charge in [0, 0.05) is 12.6 Å². The number of aromatic nitrogens is 4. The molecule has 2 rings (SSSR count). The monoisotopic (exact) mass is 337 g/mol. The molecule has 2 aromatic heterocycles. The lowest BCUT2D eigenvalue weighted by molar-refractivity contribution is 0.603. The molecule has 2 aromatic rings. The van der Waals surface area contributed by atoms with Crippen molar-refractivity contribution in [2.24, 2.45) is 0 Å². The average molecular weight is 338 g/mol. The summed E-state index contributed by atoms with van der Waals surface area (Å²) in [4.78, 5) is 13.4. The number of imidazole rings is 1. The maximum Gasteiger partial charge on any atom is 0.180 e. The second-order valence-electron chi connectivity index (χ2n) is 5.00. The number of hydrogen-bond acceptors (Lipinski definition) is 4. The van der Waals surface area contributed by atoms with E-state index >= 15 is 0 Å². The van der Waals surface area contributed by atoms with Gasteiger partial charge in [0.1, 0.15) is 11.5 Å². The number of rotatable bonds is 5. The molecule has 2 heterocycles. The van der Waals surface area contributed by atoms with Gasteiger partial charge in [-0.2, -0.15) is 0 Å². The molecule has 1 N–H and O–H groups in total. The van der Waals surface area contributed by atoms with E-state index in [9.17, 15) is 0 Å². The Morgan fingerprint density at radius 2 is 2.10 bits per heavy atom. The minimum Gasteiger partial charge on any atom is -0.369 e. The molecule has 20 heavy (non-hydrogen) atoms. The van der Waals surface area contributed by atoms with E-state index in [0.717, 1.165) is 34.6 Å². The number of nitrogens with zero attached hydrogens (tertiary/aromatic N) is 4. The van der Waals surface area contributed by atoms with Gasteiger partial charge in [-0.3, -0.25) is 0 Å². The zero-order chi connectivity index (χ0) is 14.7. The predicted octanol–water partition coefficient (Wildman–Crippen LogP) is 3.81. The van der Waals surface area contributed by atoms with Crippen molar-refractivity contribution in [3.8, 4) is 11.5 Å². The van der Waals surface area contributed by atoms with Gasteiger partial charge in [0.2, 0.25) is 0 Å². The standard InChI is InChI=1S/C14H20BrN5/c1-5-6-17-14-12(15)10(4)18-13(19-14)11-7-16-8-20(11)9(2)3/h7-9H,5-6H2,1-4H3,(H,17,18,19). The lowest BCUT2D eigenvalue weighted by Gasteiger charge is -2.13. The molecule has 108 valence electrons. The van der Waals surface area contributed by atoms with Gasteiger partial charge in [-0.05, 0) is 43.1 Å². The Kier molecular flexibility index (Phi) is 4.75. The zero-order valence-electron chi connectivity index (χ0n) is 12.3. The smallest absolute Gasteiger partial charge is 0.180 e. The molecule has 5 nitrogen and oxygen atoms in total. The molecule has 0 unspecified atom stereocenters. The molecule has 0 amide bonds. The Hall–Kier alpha value is -1.43. The van der Waals surface area contributed by atoms with Gasteiger partial charge in [-0.15, -0.1) is 0 Å². The van der Waals surface area contributed by atoms with Crippen LogP contribution in [0, 0.1) is 6.92 Å². The molecule has 0 aliphatic rings. The lowest BCUT2D eigenvalue weighted by atomic mass is 10.3. The van der Waals surface area contributed by atoms with E-state index in [1.165, 1.54) is 0 Å². The van der Waals surface area contributed by atoms with Crippen molar-refractivity contribution in [1.82, 2.24) is 19.5 Å². The molecule has 0 saturated heterocycles. The topological polar surface area (TPSA) is 55.6 Å². The first kappa shape index (κ1) is 15.0. The summed E-state index contributed by atoms with van der Waals surface area (Å²) in [6.45, 7) is 9.23. The van der Waals surface area contributed by atoms with Gasteiger partial charge >= 0.3 is 0 Å². The van der Waals surface area contributed by atoms with Crippen LogP contribution in [0.25, 0.3) is 11.5 Å². The molecule has 0 fully saturated rings. The van der Waals surface area contributed by atoms with Gasteiger partial charge in [0.05, 0.1) is 22.7 Å². The third-order valence-corrected chi connectivity index (χ3v) is 3.96. The molecule has 0 saturated carbocycles. The van der Waals surface area contributed by atoms with Gasteiger partial charge in [0.15, 0.2) is 5.82 Å². The van der Waals surface area contributed by atoms with Crippen LogP contribution in [0.1, 0.15) is 38.9 Å². The average Bonchev–Trinajstić information content (AvgIpc) is 2.89. The fourth-order valence-corrected chi connectivity index (χ4v) is 2.24. The number of nitrogens with one attached hydrogen (secondary N) is 1. The van der Waals surface area contributed by atoms with E-state index in [-0.39, 0.29) is 0 Å². The zero-order valence-corrected chi connectivity index (χ0v) is 13.9. The molecule has 0 atom stereocenters.